The summed E-state index contributed by atoms with van der Waals surface area (Å²) in [5.74, 6) is -6.88. The van der Waals surface area contributed by atoms with E-state index in [4.69, 9.17) is 9.47 Å². The summed E-state index contributed by atoms with van der Waals surface area (Å²) in [6.45, 7) is -0.939. The van der Waals surface area contributed by atoms with Gasteiger partial charge >= 0.3 is 11.9 Å². The highest BCUT2D eigenvalue weighted by Gasteiger charge is 2.69. The van der Waals surface area contributed by atoms with Crippen molar-refractivity contribution in [1.82, 2.24) is 0 Å². The Morgan fingerprint density at radius 1 is 0.537 bits per heavy atom. The molecule has 1 fully saturated rings. The largest absolute Gasteiger partial charge is 0.462 e. The van der Waals surface area contributed by atoms with Crippen LogP contribution in [0.2, 0.25) is 0 Å². The molecular formula is C35H24F2O4. The van der Waals surface area contributed by atoms with Gasteiger partial charge in [0.25, 0.3) is 5.92 Å². The molecule has 1 aliphatic carbocycles. The lowest BCUT2D eigenvalue weighted by Crippen LogP contribution is -2.12. The molecule has 7 rings (SSSR count). The molecule has 41 heavy (non-hydrogen) atoms. The molecule has 0 radical (unpaired) electrons. The molecular weight excluding hydrogens is 522 g/mol. The first-order valence-electron chi connectivity index (χ1n) is 13.5. The third kappa shape index (κ3) is 4.27. The lowest BCUT2D eigenvalue weighted by atomic mass is 9.97. The summed E-state index contributed by atoms with van der Waals surface area (Å²) in [7, 11) is 0. The normalized spacial score (nSPS) is 17.6. The molecule has 2 unspecified atom stereocenters. The minimum absolute atomic E-state index is 0.355. The van der Waals surface area contributed by atoms with E-state index >= 15 is 0 Å². The number of fused-ring (bicyclic) bond motifs is 4. The van der Waals surface area contributed by atoms with E-state index in [9.17, 15) is 18.4 Å². The Kier molecular flexibility index (Phi) is 5.93. The van der Waals surface area contributed by atoms with Gasteiger partial charge in [-0.15, -0.1) is 0 Å². The highest BCUT2D eigenvalue weighted by Crippen LogP contribution is 2.55. The van der Waals surface area contributed by atoms with E-state index < -0.39 is 42.9 Å². The van der Waals surface area contributed by atoms with Crippen LogP contribution in [0, 0.1) is 11.8 Å². The predicted octanol–water partition coefficient (Wildman–Crippen LogP) is 8.19. The van der Waals surface area contributed by atoms with Crippen molar-refractivity contribution in [3.8, 4) is 0 Å². The van der Waals surface area contributed by atoms with Crippen LogP contribution < -0.4 is 0 Å². The zero-order chi connectivity index (χ0) is 28.1. The summed E-state index contributed by atoms with van der Waals surface area (Å²) in [6, 6.07) is 33.7. The SMILES string of the molecule is O=C(OCC1C(COC(=O)c2c3ccccc3cc3ccccc23)C1(F)F)c1c2ccccc2cc2ccccc12. The number of hydrogen-bond acceptors (Lipinski definition) is 4. The molecule has 0 saturated heterocycles. The van der Waals surface area contributed by atoms with Crippen molar-refractivity contribution < 1.29 is 27.8 Å². The second-order valence-electron chi connectivity index (χ2n) is 10.5. The number of alkyl halides is 2. The Morgan fingerprint density at radius 3 is 1.15 bits per heavy atom. The molecule has 0 amide bonds. The van der Waals surface area contributed by atoms with Gasteiger partial charge in [0, 0.05) is 0 Å². The van der Waals surface area contributed by atoms with Crippen LogP contribution in [0.1, 0.15) is 20.7 Å². The zero-order valence-electron chi connectivity index (χ0n) is 21.9. The van der Waals surface area contributed by atoms with Crippen LogP contribution >= 0.6 is 0 Å². The summed E-state index contributed by atoms with van der Waals surface area (Å²) >= 11 is 0. The van der Waals surface area contributed by atoms with Crippen LogP contribution in [0.4, 0.5) is 8.78 Å². The summed E-state index contributed by atoms with van der Waals surface area (Å²) in [4.78, 5) is 26.5. The lowest BCUT2D eigenvalue weighted by molar-refractivity contribution is 0.0323. The lowest BCUT2D eigenvalue weighted by Gasteiger charge is -2.12. The fraction of sp³-hybridized carbons (Fsp3) is 0.143. The van der Waals surface area contributed by atoms with Gasteiger partial charge in [-0.1, -0.05) is 97.1 Å². The van der Waals surface area contributed by atoms with E-state index in [0.29, 0.717) is 32.7 Å². The standard InChI is InChI=1S/C35H24F2O4/c36-35(37)29(19-40-33(38)31-25-13-5-1-9-21(25)17-22-10-2-6-14-26(22)31)30(35)20-41-34(39)32-27-15-7-3-11-23(27)18-24-12-4-8-16-28(24)32/h1-18,29-30H,19-20H2. The molecule has 6 aromatic rings. The van der Waals surface area contributed by atoms with Crippen molar-refractivity contribution in [1.29, 1.82) is 0 Å². The minimum Gasteiger partial charge on any atom is -0.462 e. The molecule has 0 spiro atoms. The molecule has 0 aromatic heterocycles. The molecule has 202 valence electrons. The van der Waals surface area contributed by atoms with Crippen LogP contribution in [0.25, 0.3) is 43.1 Å². The third-order valence-electron chi connectivity index (χ3n) is 8.10. The number of carbonyl (C=O) groups is 2. The number of benzene rings is 6. The fourth-order valence-electron chi connectivity index (χ4n) is 5.86. The molecule has 0 heterocycles. The minimum atomic E-state index is -3.11. The van der Waals surface area contributed by atoms with E-state index in [0.717, 1.165) is 21.5 Å². The van der Waals surface area contributed by atoms with E-state index in [-0.39, 0.29) is 0 Å². The van der Waals surface area contributed by atoms with Crippen molar-refractivity contribution in [2.75, 3.05) is 13.2 Å². The number of ether oxygens (including phenoxy) is 2. The third-order valence-corrected chi connectivity index (χ3v) is 8.10. The fourth-order valence-corrected chi connectivity index (χ4v) is 5.86. The van der Waals surface area contributed by atoms with Gasteiger partial charge < -0.3 is 9.47 Å². The van der Waals surface area contributed by atoms with Crippen molar-refractivity contribution >= 4 is 55.0 Å². The molecule has 1 saturated carbocycles. The molecule has 2 atom stereocenters. The molecule has 1 aliphatic rings. The maximum atomic E-state index is 14.8. The first-order chi connectivity index (χ1) is 19.9. The van der Waals surface area contributed by atoms with E-state index in [1.165, 1.54) is 0 Å². The average molecular weight is 547 g/mol. The highest BCUT2D eigenvalue weighted by molar-refractivity contribution is 6.17. The molecule has 0 bridgehead atoms. The van der Waals surface area contributed by atoms with Gasteiger partial charge in [-0.3, -0.25) is 0 Å². The maximum absolute atomic E-state index is 14.8. The smallest absolute Gasteiger partial charge is 0.339 e. The highest BCUT2D eigenvalue weighted by atomic mass is 19.3. The van der Waals surface area contributed by atoms with Gasteiger partial charge in [0.05, 0.1) is 23.0 Å². The summed E-state index contributed by atoms with van der Waals surface area (Å²) < 4.78 is 40.6. The van der Waals surface area contributed by atoms with Gasteiger partial charge in [-0.2, -0.15) is 0 Å². The van der Waals surface area contributed by atoms with Gasteiger partial charge in [0.15, 0.2) is 0 Å². The molecule has 4 nitrogen and oxygen atoms in total. The van der Waals surface area contributed by atoms with Crippen LogP contribution in [0.3, 0.4) is 0 Å². The molecule has 6 heteroatoms. The monoisotopic (exact) mass is 546 g/mol. The Balaban J connectivity index is 1.09. The van der Waals surface area contributed by atoms with Crippen LogP contribution in [0.15, 0.2) is 109 Å². The van der Waals surface area contributed by atoms with Gasteiger partial charge in [-0.05, 0) is 55.2 Å². The van der Waals surface area contributed by atoms with Crippen molar-refractivity contribution in [2.24, 2.45) is 11.8 Å². The maximum Gasteiger partial charge on any atom is 0.339 e. The average Bonchev–Trinajstić information content (AvgIpc) is 3.53. The second kappa shape index (κ2) is 9.66. The first-order valence-corrected chi connectivity index (χ1v) is 13.5. The zero-order valence-corrected chi connectivity index (χ0v) is 21.9. The number of esters is 2. The molecule has 6 aromatic carbocycles. The quantitative estimate of drug-likeness (QED) is 0.156. The Morgan fingerprint density at radius 2 is 0.829 bits per heavy atom. The van der Waals surface area contributed by atoms with Crippen LogP contribution in [0.5, 0.6) is 0 Å². The van der Waals surface area contributed by atoms with Crippen LogP contribution in [-0.2, 0) is 9.47 Å². The Hall–Kier alpha value is -4.84. The van der Waals surface area contributed by atoms with Gasteiger partial charge in [-0.25, -0.2) is 18.4 Å². The molecule has 0 N–H and O–H groups in total. The topological polar surface area (TPSA) is 52.6 Å². The van der Waals surface area contributed by atoms with Crippen LogP contribution in [-0.4, -0.2) is 31.1 Å². The van der Waals surface area contributed by atoms with Gasteiger partial charge in [0.2, 0.25) is 0 Å². The number of carbonyl (C=O) groups excluding carboxylic acids is 2. The summed E-state index contributed by atoms with van der Waals surface area (Å²) in [6.07, 6.45) is 0. The van der Waals surface area contributed by atoms with E-state index in [2.05, 4.69) is 0 Å². The number of halogens is 2. The summed E-state index contributed by atoms with van der Waals surface area (Å²) in [5, 5.41) is 6.25. The molecule has 0 aliphatic heterocycles. The van der Waals surface area contributed by atoms with Crippen molar-refractivity contribution in [3.63, 3.8) is 0 Å². The summed E-state index contributed by atoms with van der Waals surface area (Å²) in [5.41, 5.74) is 0.710. The second-order valence-corrected chi connectivity index (χ2v) is 10.5. The van der Waals surface area contributed by atoms with Crippen molar-refractivity contribution in [3.05, 3.63) is 120 Å². The Labute approximate surface area is 234 Å². The van der Waals surface area contributed by atoms with E-state index in [1.54, 1.807) is 0 Å². The number of hydrogen-bond donors (Lipinski definition) is 0. The first kappa shape index (κ1) is 25.1. The van der Waals surface area contributed by atoms with Gasteiger partial charge in [0.1, 0.15) is 13.2 Å². The Bertz CT molecular complexity index is 1750. The van der Waals surface area contributed by atoms with E-state index in [1.807, 2.05) is 109 Å². The van der Waals surface area contributed by atoms with Crippen molar-refractivity contribution in [2.45, 2.75) is 5.92 Å². The number of rotatable bonds is 6. The predicted molar refractivity (Wildman–Crippen MR) is 155 cm³/mol.